The van der Waals surface area contributed by atoms with Crippen LogP contribution in [-0.2, 0) is 17.7 Å². The van der Waals surface area contributed by atoms with Crippen molar-refractivity contribution in [3.63, 3.8) is 0 Å². The van der Waals surface area contributed by atoms with Crippen molar-refractivity contribution in [3.8, 4) is 0 Å². The molecule has 20 heavy (non-hydrogen) atoms. The van der Waals surface area contributed by atoms with Crippen LogP contribution in [0.3, 0.4) is 0 Å². The van der Waals surface area contributed by atoms with Gasteiger partial charge in [0.05, 0.1) is 19.2 Å². The minimum atomic E-state index is -0.334. The van der Waals surface area contributed by atoms with E-state index in [1.165, 1.54) is 7.11 Å². The van der Waals surface area contributed by atoms with Gasteiger partial charge >= 0.3 is 5.97 Å². The minimum absolute atomic E-state index is 0.334. The number of nitrogens with one attached hydrogen (secondary N) is 1. The summed E-state index contributed by atoms with van der Waals surface area (Å²) in [6.07, 6.45) is 0.886. The Bertz CT molecular complexity index is 602. The lowest BCUT2D eigenvalue weighted by atomic mass is 10.1. The maximum absolute atomic E-state index is 11.5. The quantitative estimate of drug-likeness (QED) is 0.846. The average molecular weight is 273 g/mol. The smallest absolute Gasteiger partial charge is 0.337 e. The van der Waals surface area contributed by atoms with Gasteiger partial charge < -0.3 is 14.5 Å². The summed E-state index contributed by atoms with van der Waals surface area (Å²) in [7, 11) is 1.38. The Kier molecular flexibility index (Phi) is 4.45. The highest BCUT2D eigenvalue weighted by atomic mass is 16.5. The molecule has 0 bridgehead atoms. The van der Waals surface area contributed by atoms with Crippen LogP contribution in [0.25, 0.3) is 0 Å². The molecule has 1 N–H and O–H groups in total. The first-order valence-corrected chi connectivity index (χ1v) is 6.64. The van der Waals surface area contributed by atoms with Crippen molar-refractivity contribution in [2.75, 3.05) is 12.4 Å². The van der Waals surface area contributed by atoms with E-state index in [1.807, 2.05) is 25.1 Å². The first-order valence-electron chi connectivity index (χ1n) is 6.64. The molecule has 0 saturated carbocycles. The van der Waals surface area contributed by atoms with Crippen LogP contribution < -0.4 is 5.32 Å². The van der Waals surface area contributed by atoms with E-state index < -0.39 is 0 Å². The highest BCUT2D eigenvalue weighted by molar-refractivity contribution is 5.90. The molecule has 0 fully saturated rings. The van der Waals surface area contributed by atoms with Gasteiger partial charge in [0.2, 0.25) is 0 Å². The summed E-state index contributed by atoms with van der Waals surface area (Å²) >= 11 is 0. The number of hydrogen-bond donors (Lipinski definition) is 1. The van der Waals surface area contributed by atoms with Gasteiger partial charge in [0.15, 0.2) is 0 Å². The summed E-state index contributed by atoms with van der Waals surface area (Å²) in [5.41, 5.74) is 2.51. The molecule has 0 radical (unpaired) electrons. The van der Waals surface area contributed by atoms with E-state index in [0.29, 0.717) is 12.1 Å². The molecule has 1 aromatic carbocycles. The van der Waals surface area contributed by atoms with Crippen LogP contribution in [0.15, 0.2) is 34.7 Å². The second-order valence-electron chi connectivity index (χ2n) is 4.60. The molecule has 106 valence electrons. The third-order valence-electron chi connectivity index (χ3n) is 3.18. The van der Waals surface area contributed by atoms with Crippen LogP contribution in [0, 0.1) is 6.92 Å². The topological polar surface area (TPSA) is 51.5 Å². The molecule has 0 saturated heterocycles. The van der Waals surface area contributed by atoms with Crippen LogP contribution in [-0.4, -0.2) is 13.1 Å². The number of esters is 1. The van der Waals surface area contributed by atoms with Crippen molar-refractivity contribution in [2.24, 2.45) is 0 Å². The molecule has 0 amide bonds. The van der Waals surface area contributed by atoms with Gasteiger partial charge in [0, 0.05) is 12.1 Å². The van der Waals surface area contributed by atoms with Crippen molar-refractivity contribution >= 4 is 11.7 Å². The van der Waals surface area contributed by atoms with Crippen LogP contribution in [0.4, 0.5) is 5.69 Å². The van der Waals surface area contributed by atoms with Crippen molar-refractivity contribution in [1.82, 2.24) is 0 Å². The molecule has 0 aliphatic rings. The van der Waals surface area contributed by atoms with Crippen LogP contribution in [0.1, 0.15) is 34.4 Å². The number of furan rings is 1. The van der Waals surface area contributed by atoms with Crippen molar-refractivity contribution < 1.29 is 13.9 Å². The second kappa shape index (κ2) is 6.28. The Morgan fingerprint density at radius 1 is 1.25 bits per heavy atom. The van der Waals surface area contributed by atoms with Gasteiger partial charge in [-0.2, -0.15) is 0 Å². The van der Waals surface area contributed by atoms with Crippen molar-refractivity contribution in [1.29, 1.82) is 0 Å². The summed E-state index contributed by atoms with van der Waals surface area (Å²) in [6.45, 7) is 4.63. The molecule has 2 aromatic rings. The standard InChI is InChI=1S/C16H19NO3/c1-4-13-7-8-14(20-13)10-17-15-9-12(16(18)19-3)6-5-11(15)2/h5-9,17H,4,10H2,1-3H3. The van der Waals surface area contributed by atoms with E-state index in [1.54, 1.807) is 12.1 Å². The lowest BCUT2D eigenvalue weighted by Gasteiger charge is -2.10. The number of anilines is 1. The zero-order valence-corrected chi connectivity index (χ0v) is 12.0. The Hall–Kier alpha value is -2.23. The first-order chi connectivity index (χ1) is 9.63. The molecule has 0 aliphatic carbocycles. The largest absolute Gasteiger partial charge is 0.465 e. The normalized spacial score (nSPS) is 10.3. The fraction of sp³-hybridized carbons (Fsp3) is 0.312. The fourth-order valence-electron chi connectivity index (χ4n) is 1.95. The summed E-state index contributed by atoms with van der Waals surface area (Å²) in [5.74, 6) is 1.52. The minimum Gasteiger partial charge on any atom is -0.465 e. The van der Waals surface area contributed by atoms with E-state index >= 15 is 0 Å². The van der Waals surface area contributed by atoms with Gasteiger partial charge in [0.25, 0.3) is 0 Å². The molecule has 1 aromatic heterocycles. The summed E-state index contributed by atoms with van der Waals surface area (Å²) in [6, 6.07) is 9.40. The highest BCUT2D eigenvalue weighted by Crippen LogP contribution is 2.19. The van der Waals surface area contributed by atoms with Gasteiger partial charge in [-0.25, -0.2) is 4.79 Å². The van der Waals surface area contributed by atoms with E-state index in [4.69, 9.17) is 9.15 Å². The fourth-order valence-corrected chi connectivity index (χ4v) is 1.95. The SMILES string of the molecule is CCc1ccc(CNc2cc(C(=O)OC)ccc2C)o1. The molecule has 0 aliphatic heterocycles. The Labute approximate surface area is 118 Å². The lowest BCUT2D eigenvalue weighted by Crippen LogP contribution is -2.05. The van der Waals surface area contributed by atoms with E-state index in [-0.39, 0.29) is 5.97 Å². The number of hydrogen-bond acceptors (Lipinski definition) is 4. The molecule has 0 spiro atoms. The number of aryl methyl sites for hydroxylation is 2. The van der Waals surface area contributed by atoms with Crippen molar-refractivity contribution in [2.45, 2.75) is 26.8 Å². The van der Waals surface area contributed by atoms with Gasteiger partial charge in [-0.3, -0.25) is 0 Å². The Balaban J connectivity index is 2.10. The summed E-state index contributed by atoms with van der Waals surface area (Å²) < 4.78 is 10.4. The predicted molar refractivity (Wildman–Crippen MR) is 77.9 cm³/mol. The lowest BCUT2D eigenvalue weighted by molar-refractivity contribution is 0.0601. The van der Waals surface area contributed by atoms with E-state index in [2.05, 4.69) is 12.2 Å². The molecular formula is C16H19NO3. The number of rotatable bonds is 5. The van der Waals surface area contributed by atoms with E-state index in [0.717, 1.165) is 29.2 Å². The number of carbonyl (C=O) groups excluding carboxylic acids is 1. The third kappa shape index (κ3) is 3.20. The number of benzene rings is 1. The van der Waals surface area contributed by atoms with Crippen LogP contribution >= 0.6 is 0 Å². The maximum Gasteiger partial charge on any atom is 0.337 e. The first kappa shape index (κ1) is 14.2. The monoisotopic (exact) mass is 273 g/mol. The molecule has 0 unspecified atom stereocenters. The average Bonchev–Trinajstić information content (AvgIpc) is 2.93. The molecular weight excluding hydrogens is 254 g/mol. The van der Waals surface area contributed by atoms with Gasteiger partial charge in [0.1, 0.15) is 11.5 Å². The maximum atomic E-state index is 11.5. The Morgan fingerprint density at radius 2 is 2.00 bits per heavy atom. The second-order valence-corrected chi connectivity index (χ2v) is 4.60. The molecule has 2 rings (SSSR count). The van der Waals surface area contributed by atoms with Crippen LogP contribution in [0.5, 0.6) is 0 Å². The number of methoxy groups -OCH3 is 1. The number of carbonyl (C=O) groups is 1. The Morgan fingerprint density at radius 3 is 2.65 bits per heavy atom. The zero-order chi connectivity index (χ0) is 14.5. The molecule has 4 nitrogen and oxygen atoms in total. The molecule has 0 atom stereocenters. The number of ether oxygens (including phenoxy) is 1. The summed E-state index contributed by atoms with van der Waals surface area (Å²) in [5, 5.41) is 3.28. The highest BCUT2D eigenvalue weighted by Gasteiger charge is 2.08. The van der Waals surface area contributed by atoms with Gasteiger partial charge in [-0.05, 0) is 36.8 Å². The molecule has 4 heteroatoms. The predicted octanol–water partition coefficient (Wildman–Crippen LogP) is 3.55. The summed E-state index contributed by atoms with van der Waals surface area (Å²) in [4.78, 5) is 11.5. The van der Waals surface area contributed by atoms with Crippen molar-refractivity contribution in [3.05, 3.63) is 53.0 Å². The van der Waals surface area contributed by atoms with Gasteiger partial charge in [-0.15, -0.1) is 0 Å². The zero-order valence-electron chi connectivity index (χ0n) is 12.0. The molecule has 1 heterocycles. The van der Waals surface area contributed by atoms with Crippen LogP contribution in [0.2, 0.25) is 0 Å². The van der Waals surface area contributed by atoms with Gasteiger partial charge in [-0.1, -0.05) is 13.0 Å². The third-order valence-corrected chi connectivity index (χ3v) is 3.18. The van der Waals surface area contributed by atoms with E-state index in [9.17, 15) is 4.79 Å².